The van der Waals surface area contributed by atoms with E-state index in [2.05, 4.69) is 15.5 Å². The number of halogens is 3. The second kappa shape index (κ2) is 6.14. The molecular formula is C10H16F3N3O2. The molecule has 5 nitrogen and oxygen atoms in total. The maximum atomic E-state index is 11.9. The van der Waals surface area contributed by atoms with Crippen LogP contribution in [0.15, 0.2) is 4.52 Å². The molecule has 1 rings (SSSR count). The first-order valence-electron chi connectivity index (χ1n) is 5.46. The fourth-order valence-corrected chi connectivity index (χ4v) is 1.44. The van der Waals surface area contributed by atoms with E-state index < -0.39 is 12.7 Å². The van der Waals surface area contributed by atoms with Gasteiger partial charge in [-0.15, -0.1) is 0 Å². The van der Waals surface area contributed by atoms with Gasteiger partial charge in [0.15, 0.2) is 0 Å². The summed E-state index contributed by atoms with van der Waals surface area (Å²) in [4.78, 5) is 3.99. The second-order valence-corrected chi connectivity index (χ2v) is 4.17. The number of alkyl halides is 3. The molecule has 0 saturated carbocycles. The molecule has 1 heterocycles. The predicted molar refractivity (Wildman–Crippen MR) is 56.6 cm³/mol. The highest BCUT2D eigenvalue weighted by Gasteiger charge is 2.27. The van der Waals surface area contributed by atoms with Crippen LogP contribution in [-0.2, 0) is 11.3 Å². The number of hydrogen-bond acceptors (Lipinski definition) is 5. The van der Waals surface area contributed by atoms with Gasteiger partial charge in [0, 0.05) is 7.11 Å². The van der Waals surface area contributed by atoms with E-state index in [0.29, 0.717) is 5.82 Å². The van der Waals surface area contributed by atoms with Crippen LogP contribution in [0.2, 0.25) is 0 Å². The Morgan fingerprint density at radius 1 is 1.39 bits per heavy atom. The lowest BCUT2D eigenvalue weighted by molar-refractivity contribution is -0.125. The molecule has 1 atom stereocenters. The standard InChI is InChI=1S/C10H16F3N3O2/c1-6(2)8(17-3)9-15-7(18-16-9)4-14-5-10(11,12)13/h6,8,14H,4-5H2,1-3H3. The number of nitrogens with one attached hydrogen (secondary N) is 1. The molecule has 8 heteroatoms. The summed E-state index contributed by atoms with van der Waals surface area (Å²) in [5.74, 6) is 0.594. The van der Waals surface area contributed by atoms with Gasteiger partial charge in [-0.3, -0.25) is 0 Å². The van der Waals surface area contributed by atoms with E-state index in [-0.39, 0.29) is 24.5 Å². The van der Waals surface area contributed by atoms with Gasteiger partial charge in [-0.2, -0.15) is 18.2 Å². The lowest BCUT2D eigenvalue weighted by atomic mass is 10.1. The van der Waals surface area contributed by atoms with Gasteiger partial charge in [-0.05, 0) is 5.92 Å². The Balaban J connectivity index is 2.53. The highest BCUT2D eigenvalue weighted by Crippen LogP contribution is 2.22. The van der Waals surface area contributed by atoms with E-state index >= 15 is 0 Å². The van der Waals surface area contributed by atoms with Crippen molar-refractivity contribution >= 4 is 0 Å². The fourth-order valence-electron chi connectivity index (χ4n) is 1.44. The Morgan fingerprint density at radius 2 is 2.06 bits per heavy atom. The van der Waals surface area contributed by atoms with E-state index in [9.17, 15) is 13.2 Å². The molecule has 18 heavy (non-hydrogen) atoms. The summed E-state index contributed by atoms with van der Waals surface area (Å²) in [5.41, 5.74) is 0. The van der Waals surface area contributed by atoms with Crippen molar-refractivity contribution in [3.8, 4) is 0 Å². The molecular weight excluding hydrogens is 251 g/mol. The molecule has 0 aliphatic rings. The molecule has 0 spiro atoms. The normalized spacial score (nSPS) is 14.2. The summed E-state index contributed by atoms with van der Waals surface area (Å²) < 4.78 is 45.7. The van der Waals surface area contributed by atoms with Crippen LogP contribution in [-0.4, -0.2) is 30.0 Å². The van der Waals surface area contributed by atoms with Gasteiger partial charge in [0.25, 0.3) is 0 Å². The van der Waals surface area contributed by atoms with Crippen LogP contribution in [0.1, 0.15) is 31.7 Å². The van der Waals surface area contributed by atoms with Crippen molar-refractivity contribution in [2.75, 3.05) is 13.7 Å². The molecule has 0 bridgehead atoms. The summed E-state index contributed by atoms with van der Waals surface area (Å²) in [6.45, 7) is 2.63. The predicted octanol–water partition coefficient (Wildman–Crippen LogP) is 2.06. The summed E-state index contributed by atoms with van der Waals surface area (Å²) >= 11 is 0. The molecule has 1 N–H and O–H groups in total. The molecule has 0 radical (unpaired) electrons. The Morgan fingerprint density at radius 3 is 2.56 bits per heavy atom. The number of aromatic nitrogens is 2. The number of hydrogen-bond donors (Lipinski definition) is 1. The Bertz CT molecular complexity index is 365. The lowest BCUT2D eigenvalue weighted by Crippen LogP contribution is -2.28. The van der Waals surface area contributed by atoms with E-state index in [1.807, 2.05) is 13.8 Å². The number of ether oxygens (including phenoxy) is 1. The maximum Gasteiger partial charge on any atom is 0.401 e. The average Bonchev–Trinajstić information content (AvgIpc) is 2.65. The first-order chi connectivity index (χ1) is 8.33. The van der Waals surface area contributed by atoms with Crippen LogP contribution in [0.4, 0.5) is 13.2 Å². The van der Waals surface area contributed by atoms with Gasteiger partial charge in [0.2, 0.25) is 11.7 Å². The average molecular weight is 267 g/mol. The van der Waals surface area contributed by atoms with Crippen molar-refractivity contribution in [2.24, 2.45) is 5.92 Å². The zero-order chi connectivity index (χ0) is 13.8. The Labute approximate surface area is 103 Å². The van der Waals surface area contributed by atoms with Crippen LogP contribution in [0.25, 0.3) is 0 Å². The minimum Gasteiger partial charge on any atom is -0.373 e. The highest BCUT2D eigenvalue weighted by atomic mass is 19.4. The first kappa shape index (κ1) is 14.9. The molecule has 0 saturated heterocycles. The van der Waals surface area contributed by atoms with Crippen molar-refractivity contribution in [3.63, 3.8) is 0 Å². The number of methoxy groups -OCH3 is 1. The van der Waals surface area contributed by atoms with Crippen LogP contribution < -0.4 is 5.32 Å². The molecule has 104 valence electrons. The van der Waals surface area contributed by atoms with Crippen LogP contribution in [0.5, 0.6) is 0 Å². The second-order valence-electron chi connectivity index (χ2n) is 4.17. The van der Waals surface area contributed by atoms with Gasteiger partial charge in [0.05, 0.1) is 13.1 Å². The van der Waals surface area contributed by atoms with E-state index in [1.54, 1.807) is 0 Å². The van der Waals surface area contributed by atoms with Crippen molar-refractivity contribution in [1.82, 2.24) is 15.5 Å². The third-order valence-electron chi connectivity index (χ3n) is 2.20. The third kappa shape index (κ3) is 4.61. The molecule has 0 aromatic carbocycles. The van der Waals surface area contributed by atoms with Crippen molar-refractivity contribution < 1.29 is 22.4 Å². The SMILES string of the molecule is COC(c1noc(CNCC(F)(F)F)n1)C(C)C. The summed E-state index contributed by atoms with van der Waals surface area (Å²) in [7, 11) is 1.52. The van der Waals surface area contributed by atoms with Crippen molar-refractivity contribution in [2.45, 2.75) is 32.7 Å². The summed E-state index contributed by atoms with van der Waals surface area (Å²) in [6.07, 6.45) is -4.58. The van der Waals surface area contributed by atoms with Gasteiger partial charge in [-0.1, -0.05) is 19.0 Å². The fraction of sp³-hybridized carbons (Fsp3) is 0.800. The number of rotatable bonds is 6. The largest absolute Gasteiger partial charge is 0.401 e. The van der Waals surface area contributed by atoms with Crippen LogP contribution >= 0.6 is 0 Å². The van der Waals surface area contributed by atoms with Gasteiger partial charge < -0.3 is 14.6 Å². The van der Waals surface area contributed by atoms with Crippen LogP contribution in [0, 0.1) is 5.92 Å². The van der Waals surface area contributed by atoms with E-state index in [0.717, 1.165) is 0 Å². The third-order valence-corrected chi connectivity index (χ3v) is 2.20. The van der Waals surface area contributed by atoms with Crippen LogP contribution in [0.3, 0.4) is 0 Å². The molecule has 0 fully saturated rings. The minimum absolute atomic E-state index is 0.108. The van der Waals surface area contributed by atoms with Gasteiger partial charge in [0.1, 0.15) is 6.10 Å². The highest BCUT2D eigenvalue weighted by molar-refractivity contribution is 4.92. The Hall–Kier alpha value is -1.15. The monoisotopic (exact) mass is 267 g/mol. The zero-order valence-corrected chi connectivity index (χ0v) is 10.4. The zero-order valence-electron chi connectivity index (χ0n) is 10.4. The lowest BCUT2D eigenvalue weighted by Gasteiger charge is -2.14. The molecule has 1 aromatic heterocycles. The van der Waals surface area contributed by atoms with E-state index in [1.165, 1.54) is 7.11 Å². The summed E-state index contributed by atoms with van der Waals surface area (Å²) in [5, 5.41) is 5.87. The van der Waals surface area contributed by atoms with Crippen molar-refractivity contribution in [1.29, 1.82) is 0 Å². The Kier molecular flexibility index (Phi) is 5.09. The molecule has 0 amide bonds. The topological polar surface area (TPSA) is 60.2 Å². The van der Waals surface area contributed by atoms with Gasteiger partial charge in [-0.25, -0.2) is 0 Å². The molecule has 1 aromatic rings. The number of nitrogens with zero attached hydrogens (tertiary/aromatic N) is 2. The molecule has 1 unspecified atom stereocenters. The molecule has 0 aliphatic carbocycles. The minimum atomic E-state index is -4.25. The smallest absolute Gasteiger partial charge is 0.373 e. The van der Waals surface area contributed by atoms with E-state index in [4.69, 9.17) is 9.26 Å². The first-order valence-corrected chi connectivity index (χ1v) is 5.46. The van der Waals surface area contributed by atoms with Crippen molar-refractivity contribution in [3.05, 3.63) is 11.7 Å². The van der Waals surface area contributed by atoms with Gasteiger partial charge >= 0.3 is 6.18 Å². The summed E-state index contributed by atoms with van der Waals surface area (Å²) in [6, 6.07) is 0. The molecule has 0 aliphatic heterocycles. The quantitative estimate of drug-likeness (QED) is 0.855. The maximum absolute atomic E-state index is 11.9.